The summed E-state index contributed by atoms with van der Waals surface area (Å²) in [5.41, 5.74) is 4.11. The summed E-state index contributed by atoms with van der Waals surface area (Å²) in [5, 5.41) is 7.24. The molecule has 2 fully saturated rings. The first-order valence-corrected chi connectivity index (χ1v) is 18.4. The minimum atomic E-state index is -0.325. The Balaban J connectivity index is 0.974. The van der Waals surface area contributed by atoms with E-state index in [0.717, 1.165) is 66.6 Å². The van der Waals surface area contributed by atoms with Gasteiger partial charge >= 0.3 is 0 Å². The average Bonchev–Trinajstić information content (AvgIpc) is 3.60. The Morgan fingerprint density at radius 3 is 2.30 bits per heavy atom. The molecule has 0 amide bonds. The molecule has 9 nitrogen and oxygen atoms in total. The Morgan fingerprint density at radius 2 is 1.60 bits per heavy atom. The number of aromatic nitrogens is 4. The normalized spacial score (nSPS) is 16.1. The summed E-state index contributed by atoms with van der Waals surface area (Å²) in [7, 11) is 1.72. The Kier molecular flexibility index (Phi) is 9.96. The number of nitrogens with zero attached hydrogens (tertiary/aromatic N) is 7. The van der Waals surface area contributed by atoms with Crippen molar-refractivity contribution in [2.45, 2.75) is 39.0 Å². The van der Waals surface area contributed by atoms with Crippen molar-refractivity contribution in [3.63, 3.8) is 0 Å². The molecule has 2 N–H and O–H groups in total. The van der Waals surface area contributed by atoms with Gasteiger partial charge in [-0.05, 0) is 73.4 Å². The van der Waals surface area contributed by atoms with E-state index in [2.05, 4.69) is 92.5 Å². The number of nitrogens with one attached hydrogen (secondary N) is 2. The molecule has 0 radical (unpaired) electrons. The number of halogens is 1. The van der Waals surface area contributed by atoms with Crippen molar-refractivity contribution in [1.82, 2.24) is 24.8 Å². The molecule has 0 atom stereocenters. The zero-order valence-corrected chi connectivity index (χ0v) is 30.2. The number of hydrogen-bond donors (Lipinski definition) is 2. The summed E-state index contributed by atoms with van der Waals surface area (Å²) >= 11 is 1.55. The first-order valence-electron chi connectivity index (χ1n) is 17.6. The molecule has 5 aromatic rings. The largest absolute Gasteiger partial charge is 0.386 e. The average molecular weight is 692 g/mol. The number of pyridine rings is 1. The van der Waals surface area contributed by atoms with E-state index in [0.29, 0.717) is 28.6 Å². The van der Waals surface area contributed by atoms with Crippen LogP contribution < -0.4 is 20.4 Å². The molecule has 0 saturated carbocycles. The Bertz CT molecular complexity index is 1870. The number of benzene rings is 2. The van der Waals surface area contributed by atoms with Gasteiger partial charge < -0.3 is 20.4 Å². The maximum absolute atomic E-state index is 15.5. The second-order valence-electron chi connectivity index (χ2n) is 14.2. The molecule has 7 rings (SSSR count). The third-order valence-corrected chi connectivity index (χ3v) is 11.1. The van der Waals surface area contributed by atoms with Crippen LogP contribution in [-0.2, 0) is 5.41 Å². The Labute approximate surface area is 298 Å². The fourth-order valence-corrected chi connectivity index (χ4v) is 7.88. The quantitative estimate of drug-likeness (QED) is 0.160. The summed E-state index contributed by atoms with van der Waals surface area (Å²) in [4.78, 5) is 27.2. The van der Waals surface area contributed by atoms with E-state index in [1.54, 1.807) is 36.7 Å². The van der Waals surface area contributed by atoms with Gasteiger partial charge in [0.2, 0.25) is 5.95 Å². The van der Waals surface area contributed by atoms with Crippen molar-refractivity contribution < 1.29 is 4.39 Å². The molecule has 5 heterocycles. The highest BCUT2D eigenvalue weighted by Crippen LogP contribution is 2.42. The summed E-state index contributed by atoms with van der Waals surface area (Å²) in [6, 6.07) is 21.9. The number of rotatable bonds is 9. The fraction of sp³-hybridized carbons (Fsp3) is 0.385. The van der Waals surface area contributed by atoms with E-state index in [4.69, 9.17) is 9.97 Å². The summed E-state index contributed by atoms with van der Waals surface area (Å²) in [6.07, 6.45) is 6.08. The zero-order chi connectivity index (χ0) is 34.7. The van der Waals surface area contributed by atoms with Crippen LogP contribution in [0.5, 0.6) is 0 Å². The molecular weight excluding hydrogens is 646 g/mol. The molecule has 2 aromatic carbocycles. The van der Waals surface area contributed by atoms with Crippen molar-refractivity contribution in [2.75, 3.05) is 73.3 Å². The SMILES string of the molecule is CNc1cccc(-c2nc(C(C)(C)C)sc2-c2ccnc(Nc3ccc(N4CCN(CC5CCN(c6ccccn6)CC5)CC4)cc3)n2)c1F. The molecule has 2 saturated heterocycles. The minimum absolute atomic E-state index is 0.198. The predicted molar refractivity (Wildman–Crippen MR) is 204 cm³/mol. The highest BCUT2D eigenvalue weighted by Gasteiger charge is 2.27. The Morgan fingerprint density at radius 1 is 0.820 bits per heavy atom. The van der Waals surface area contributed by atoms with Crippen LogP contribution in [0.2, 0.25) is 0 Å². The third-order valence-electron chi connectivity index (χ3n) is 9.65. The lowest BCUT2D eigenvalue weighted by Gasteiger charge is -2.39. The van der Waals surface area contributed by atoms with Crippen molar-refractivity contribution in [3.8, 4) is 21.8 Å². The lowest BCUT2D eigenvalue weighted by atomic mass is 9.96. The van der Waals surface area contributed by atoms with Crippen LogP contribution >= 0.6 is 11.3 Å². The number of thiazole rings is 1. The molecule has 2 aliphatic heterocycles. The van der Waals surface area contributed by atoms with Crippen molar-refractivity contribution in [2.24, 2.45) is 5.92 Å². The maximum Gasteiger partial charge on any atom is 0.227 e. The molecule has 260 valence electrons. The van der Waals surface area contributed by atoms with Crippen LogP contribution in [-0.4, -0.2) is 77.7 Å². The van der Waals surface area contributed by atoms with E-state index >= 15 is 4.39 Å². The van der Waals surface area contributed by atoms with Crippen molar-refractivity contribution >= 4 is 40.2 Å². The van der Waals surface area contributed by atoms with E-state index in [-0.39, 0.29) is 11.2 Å². The smallest absolute Gasteiger partial charge is 0.227 e. The van der Waals surface area contributed by atoms with Crippen LogP contribution in [0, 0.1) is 11.7 Å². The molecule has 0 aliphatic carbocycles. The Hall–Kier alpha value is -4.61. The molecule has 2 aliphatic rings. The molecule has 0 bridgehead atoms. The van der Waals surface area contributed by atoms with E-state index < -0.39 is 0 Å². The molecular formula is C39H46FN9S. The van der Waals surface area contributed by atoms with Crippen molar-refractivity contribution in [1.29, 1.82) is 0 Å². The fourth-order valence-electron chi connectivity index (χ4n) is 6.77. The minimum Gasteiger partial charge on any atom is -0.386 e. The third kappa shape index (κ3) is 7.58. The maximum atomic E-state index is 15.5. The monoisotopic (exact) mass is 691 g/mol. The van der Waals surface area contributed by atoms with Gasteiger partial charge in [-0.25, -0.2) is 24.3 Å². The van der Waals surface area contributed by atoms with Gasteiger partial charge in [0.1, 0.15) is 5.82 Å². The van der Waals surface area contributed by atoms with Crippen LogP contribution in [0.4, 0.5) is 33.2 Å². The topological polar surface area (TPSA) is 85.3 Å². The molecule has 0 unspecified atom stereocenters. The van der Waals surface area contributed by atoms with Gasteiger partial charge in [0, 0.05) is 87.6 Å². The lowest BCUT2D eigenvalue weighted by Crippen LogP contribution is -2.49. The second-order valence-corrected chi connectivity index (χ2v) is 15.2. The molecule has 3 aromatic heterocycles. The first kappa shape index (κ1) is 33.9. The van der Waals surface area contributed by atoms with Crippen molar-refractivity contribution in [3.05, 3.63) is 89.9 Å². The van der Waals surface area contributed by atoms with Crippen LogP contribution in [0.3, 0.4) is 0 Å². The first-order chi connectivity index (χ1) is 24.2. The summed E-state index contributed by atoms with van der Waals surface area (Å²) < 4.78 is 15.5. The van der Waals surface area contributed by atoms with Gasteiger partial charge in [0.25, 0.3) is 0 Å². The number of piperazine rings is 1. The zero-order valence-electron chi connectivity index (χ0n) is 29.4. The van der Waals surface area contributed by atoms with Gasteiger partial charge in [0.05, 0.1) is 27.0 Å². The van der Waals surface area contributed by atoms with E-state index in [1.165, 1.54) is 25.1 Å². The number of anilines is 5. The highest BCUT2D eigenvalue weighted by atomic mass is 32.1. The lowest BCUT2D eigenvalue weighted by molar-refractivity contribution is 0.201. The van der Waals surface area contributed by atoms with Gasteiger partial charge in [-0.1, -0.05) is 32.9 Å². The number of hydrogen-bond acceptors (Lipinski definition) is 10. The number of piperidine rings is 1. The summed E-state index contributed by atoms with van der Waals surface area (Å²) in [6.45, 7) is 13.9. The molecule has 50 heavy (non-hydrogen) atoms. The summed E-state index contributed by atoms with van der Waals surface area (Å²) in [5.74, 6) is 2.01. The van der Waals surface area contributed by atoms with Gasteiger partial charge in [-0.3, -0.25) is 4.90 Å². The molecule has 11 heteroatoms. The highest BCUT2D eigenvalue weighted by molar-refractivity contribution is 7.15. The second kappa shape index (κ2) is 14.7. The van der Waals surface area contributed by atoms with E-state index in [9.17, 15) is 0 Å². The van der Waals surface area contributed by atoms with Gasteiger partial charge in [-0.2, -0.15) is 0 Å². The van der Waals surface area contributed by atoms with Gasteiger partial charge in [0.15, 0.2) is 5.82 Å². The van der Waals surface area contributed by atoms with Crippen LogP contribution in [0.1, 0.15) is 38.6 Å². The molecule has 0 spiro atoms. The standard InChI is InChI=1S/C39H46FN9S/c1-39(2,3)37-46-35(30-8-7-9-31(41-4)34(30)40)36(50-37)32-15-19-43-38(45-32)44-28-11-13-29(14-12-28)48-24-22-47(23-25-48)26-27-16-20-49(21-17-27)33-10-5-6-18-42-33/h5-15,18-19,27,41H,16-17,20-26H2,1-4H3,(H,43,44,45). The van der Waals surface area contributed by atoms with Gasteiger partial charge in [-0.15, -0.1) is 11.3 Å². The van der Waals surface area contributed by atoms with Crippen LogP contribution in [0.25, 0.3) is 21.8 Å². The van der Waals surface area contributed by atoms with E-state index in [1.807, 2.05) is 24.4 Å². The predicted octanol–water partition coefficient (Wildman–Crippen LogP) is 7.92. The van der Waals surface area contributed by atoms with Crippen LogP contribution in [0.15, 0.2) is 79.1 Å².